The van der Waals surface area contributed by atoms with Crippen LogP contribution >= 0.6 is 0 Å². The number of amides is 1. The van der Waals surface area contributed by atoms with Crippen LogP contribution in [0.5, 0.6) is 0 Å². The third-order valence-corrected chi connectivity index (χ3v) is 2.96. The molecule has 2 unspecified atom stereocenters. The van der Waals surface area contributed by atoms with E-state index in [0.29, 0.717) is 0 Å². The van der Waals surface area contributed by atoms with Gasteiger partial charge in [-0.15, -0.1) is 0 Å². The second-order valence-electron chi connectivity index (χ2n) is 4.91. The Morgan fingerprint density at radius 2 is 1.94 bits per heavy atom. The summed E-state index contributed by atoms with van der Waals surface area (Å²) in [5.74, 6) is 0.210. The normalized spacial score (nSPS) is 16.9. The van der Waals surface area contributed by atoms with Gasteiger partial charge in [0.15, 0.2) is 0 Å². The monoisotopic (exact) mass is 229 g/mol. The smallest absolute Gasteiger partial charge is 0.237 e. The number of nitrogens with two attached hydrogens (primary N) is 1. The van der Waals surface area contributed by atoms with E-state index in [0.717, 1.165) is 19.4 Å². The van der Waals surface area contributed by atoms with Crippen LogP contribution in [0.3, 0.4) is 0 Å². The molecule has 96 valence electrons. The van der Waals surface area contributed by atoms with Crippen LogP contribution in [0.2, 0.25) is 0 Å². The van der Waals surface area contributed by atoms with Gasteiger partial charge in [-0.3, -0.25) is 4.79 Å². The molecule has 0 bridgehead atoms. The Bertz CT molecular complexity index is 206. The van der Waals surface area contributed by atoms with E-state index in [-0.39, 0.29) is 23.9 Å². The summed E-state index contributed by atoms with van der Waals surface area (Å²) in [5.41, 5.74) is 5.85. The maximum Gasteiger partial charge on any atom is 0.237 e. The van der Waals surface area contributed by atoms with E-state index in [4.69, 9.17) is 5.73 Å². The van der Waals surface area contributed by atoms with E-state index in [1.54, 1.807) is 0 Å². The topological polar surface area (TPSA) is 58.4 Å². The highest BCUT2D eigenvalue weighted by atomic mass is 16.2. The molecule has 0 saturated heterocycles. The molecule has 1 amide bonds. The molecule has 0 saturated carbocycles. The lowest BCUT2D eigenvalue weighted by Gasteiger charge is -2.22. The average Bonchev–Trinajstić information content (AvgIpc) is 2.24. The van der Waals surface area contributed by atoms with Crippen LogP contribution in [-0.4, -0.2) is 43.5 Å². The number of nitrogens with one attached hydrogen (secondary N) is 1. The minimum atomic E-state index is -0.383. The van der Waals surface area contributed by atoms with Gasteiger partial charge in [0.25, 0.3) is 0 Å². The summed E-state index contributed by atoms with van der Waals surface area (Å²) in [6, 6.07) is -0.197. The van der Waals surface area contributed by atoms with Crippen LogP contribution < -0.4 is 11.1 Å². The Labute approximate surface area is 99.6 Å². The molecule has 16 heavy (non-hydrogen) atoms. The lowest BCUT2D eigenvalue weighted by Crippen LogP contribution is -2.48. The fraction of sp³-hybridized carbons (Fsp3) is 0.917. The zero-order valence-electron chi connectivity index (χ0n) is 11.3. The first-order chi connectivity index (χ1) is 7.38. The number of nitrogens with zero attached hydrogens (tertiary/aromatic N) is 1. The van der Waals surface area contributed by atoms with Crippen molar-refractivity contribution >= 4 is 5.91 Å². The van der Waals surface area contributed by atoms with E-state index in [9.17, 15) is 4.79 Å². The second kappa shape index (κ2) is 7.63. The van der Waals surface area contributed by atoms with Crippen molar-refractivity contribution < 1.29 is 4.79 Å². The third kappa shape index (κ3) is 6.08. The molecule has 3 atom stereocenters. The quantitative estimate of drug-likeness (QED) is 0.679. The van der Waals surface area contributed by atoms with Crippen molar-refractivity contribution in [3.05, 3.63) is 0 Å². The molecule has 4 heteroatoms. The second-order valence-corrected chi connectivity index (χ2v) is 4.91. The van der Waals surface area contributed by atoms with Crippen molar-refractivity contribution in [1.82, 2.24) is 10.2 Å². The van der Waals surface area contributed by atoms with Gasteiger partial charge >= 0.3 is 0 Å². The number of hydrogen-bond donors (Lipinski definition) is 2. The molecule has 0 aliphatic rings. The van der Waals surface area contributed by atoms with Gasteiger partial charge in [0.1, 0.15) is 0 Å². The Kier molecular flexibility index (Phi) is 7.34. The molecule has 0 spiro atoms. The van der Waals surface area contributed by atoms with Gasteiger partial charge in [-0.2, -0.15) is 0 Å². The van der Waals surface area contributed by atoms with Crippen LogP contribution in [0.25, 0.3) is 0 Å². The number of rotatable bonds is 7. The Hall–Kier alpha value is -0.610. The number of carbonyl (C=O) groups is 1. The van der Waals surface area contributed by atoms with Gasteiger partial charge in [-0.05, 0) is 39.9 Å². The first-order valence-electron chi connectivity index (χ1n) is 6.09. The molecule has 0 rings (SSSR count). The molecule has 0 aliphatic heterocycles. The van der Waals surface area contributed by atoms with Crippen molar-refractivity contribution in [2.45, 2.75) is 45.7 Å². The molecule has 0 radical (unpaired) electrons. The third-order valence-electron chi connectivity index (χ3n) is 2.96. The van der Waals surface area contributed by atoms with Crippen LogP contribution in [0.4, 0.5) is 0 Å². The maximum absolute atomic E-state index is 11.7. The summed E-state index contributed by atoms with van der Waals surface area (Å²) in [7, 11) is 4.05. The molecule has 4 nitrogen and oxygen atoms in total. The molecule has 0 heterocycles. The molecule has 0 aliphatic carbocycles. The minimum absolute atomic E-state index is 0.0272. The van der Waals surface area contributed by atoms with E-state index in [1.165, 1.54) is 0 Å². The van der Waals surface area contributed by atoms with Gasteiger partial charge in [0, 0.05) is 6.04 Å². The first-order valence-corrected chi connectivity index (χ1v) is 6.09. The fourth-order valence-electron chi connectivity index (χ4n) is 1.38. The fourth-order valence-corrected chi connectivity index (χ4v) is 1.38. The SMILES string of the molecule is CCC(C)[C@H](N)C(=O)NC(C)CCN(C)C. The van der Waals surface area contributed by atoms with Gasteiger partial charge < -0.3 is 16.0 Å². The Morgan fingerprint density at radius 3 is 2.38 bits per heavy atom. The summed E-state index contributed by atoms with van der Waals surface area (Å²) in [5, 5.41) is 2.96. The van der Waals surface area contributed by atoms with Crippen molar-refractivity contribution in [2.75, 3.05) is 20.6 Å². The summed E-state index contributed by atoms with van der Waals surface area (Å²) in [6.45, 7) is 7.05. The molecule has 0 aromatic heterocycles. The highest BCUT2D eigenvalue weighted by Crippen LogP contribution is 2.05. The lowest BCUT2D eigenvalue weighted by molar-refractivity contribution is -0.124. The summed E-state index contributed by atoms with van der Waals surface area (Å²) in [6.07, 6.45) is 1.88. The van der Waals surface area contributed by atoms with E-state index in [2.05, 4.69) is 10.2 Å². The summed E-state index contributed by atoms with van der Waals surface area (Å²) in [4.78, 5) is 13.9. The molecule has 0 aromatic rings. The van der Waals surface area contributed by atoms with Crippen LogP contribution in [0.15, 0.2) is 0 Å². The lowest BCUT2D eigenvalue weighted by atomic mass is 9.99. The van der Waals surface area contributed by atoms with Crippen LogP contribution in [0.1, 0.15) is 33.6 Å². The van der Waals surface area contributed by atoms with Gasteiger partial charge in [-0.25, -0.2) is 0 Å². The van der Waals surface area contributed by atoms with Crippen molar-refractivity contribution in [3.8, 4) is 0 Å². The van der Waals surface area contributed by atoms with Crippen LogP contribution in [0, 0.1) is 5.92 Å². The van der Waals surface area contributed by atoms with Crippen molar-refractivity contribution in [3.63, 3.8) is 0 Å². The summed E-state index contributed by atoms with van der Waals surface area (Å²) >= 11 is 0. The van der Waals surface area contributed by atoms with Gasteiger partial charge in [0.2, 0.25) is 5.91 Å². The van der Waals surface area contributed by atoms with Crippen molar-refractivity contribution in [2.24, 2.45) is 11.7 Å². The van der Waals surface area contributed by atoms with E-state index >= 15 is 0 Å². The minimum Gasteiger partial charge on any atom is -0.352 e. The van der Waals surface area contributed by atoms with E-state index in [1.807, 2.05) is 34.9 Å². The molecule has 3 N–H and O–H groups in total. The summed E-state index contributed by atoms with van der Waals surface area (Å²) < 4.78 is 0. The molecule has 0 fully saturated rings. The zero-order valence-corrected chi connectivity index (χ0v) is 11.3. The standard InChI is InChI=1S/C12H27N3O/c1-6-9(2)11(13)12(16)14-10(3)7-8-15(4)5/h9-11H,6-8,13H2,1-5H3,(H,14,16)/t9?,10?,11-/m0/s1. The van der Waals surface area contributed by atoms with E-state index < -0.39 is 0 Å². The number of hydrogen-bond acceptors (Lipinski definition) is 3. The highest BCUT2D eigenvalue weighted by molar-refractivity contribution is 5.82. The maximum atomic E-state index is 11.7. The van der Waals surface area contributed by atoms with Gasteiger partial charge in [0.05, 0.1) is 6.04 Å². The predicted octanol–water partition coefficient (Wildman–Crippen LogP) is 0.816. The molecular weight excluding hydrogens is 202 g/mol. The Morgan fingerprint density at radius 1 is 1.38 bits per heavy atom. The predicted molar refractivity (Wildman–Crippen MR) is 68.2 cm³/mol. The first kappa shape index (κ1) is 15.4. The zero-order chi connectivity index (χ0) is 12.7. The van der Waals surface area contributed by atoms with Crippen LogP contribution in [-0.2, 0) is 4.79 Å². The molecule has 0 aromatic carbocycles. The largest absolute Gasteiger partial charge is 0.352 e. The highest BCUT2D eigenvalue weighted by Gasteiger charge is 2.20. The van der Waals surface area contributed by atoms with Crippen molar-refractivity contribution in [1.29, 1.82) is 0 Å². The average molecular weight is 229 g/mol. The Balaban J connectivity index is 3.94. The molecular formula is C12H27N3O. The van der Waals surface area contributed by atoms with Gasteiger partial charge in [-0.1, -0.05) is 20.3 Å². The number of carbonyl (C=O) groups excluding carboxylic acids is 1.